The summed E-state index contributed by atoms with van der Waals surface area (Å²) in [6.45, 7) is 1.95. The molecule has 5 rings (SSSR count). The molecule has 4 nitrogen and oxygen atoms in total. The van der Waals surface area contributed by atoms with E-state index in [1.807, 2.05) is 25.3 Å². The van der Waals surface area contributed by atoms with Crippen molar-refractivity contribution < 1.29 is 4.79 Å². The number of rotatable bonds is 3. The van der Waals surface area contributed by atoms with Gasteiger partial charge in [0, 0.05) is 40.9 Å². The first-order valence-corrected chi connectivity index (χ1v) is 10.9. The Kier molecular flexibility index (Phi) is 4.89. The highest BCUT2D eigenvalue weighted by atomic mass is 32.1. The maximum Gasteiger partial charge on any atom is 0.265 e. The van der Waals surface area contributed by atoms with Crippen molar-refractivity contribution in [3.63, 3.8) is 0 Å². The van der Waals surface area contributed by atoms with E-state index in [1.54, 1.807) is 29.9 Å². The average Bonchev–Trinajstić information content (AvgIpc) is 3.13. The van der Waals surface area contributed by atoms with E-state index in [1.165, 1.54) is 21.6 Å². The number of hydrogen-bond donors (Lipinski definition) is 1. The largest absolute Gasteiger partial charge is 0.321 e. The van der Waals surface area contributed by atoms with Crippen LogP contribution in [0.15, 0.2) is 67.3 Å². The minimum Gasteiger partial charge on any atom is -0.321 e. The van der Waals surface area contributed by atoms with Gasteiger partial charge in [0.2, 0.25) is 0 Å². The number of benzene rings is 1. The zero-order chi connectivity index (χ0) is 20.5. The molecule has 30 heavy (non-hydrogen) atoms. The summed E-state index contributed by atoms with van der Waals surface area (Å²) in [5.41, 5.74) is 7.87. The summed E-state index contributed by atoms with van der Waals surface area (Å²) in [7, 11) is 0. The highest BCUT2D eigenvalue weighted by Crippen LogP contribution is 2.40. The van der Waals surface area contributed by atoms with E-state index in [0.29, 0.717) is 0 Å². The number of hydrogen-bond acceptors (Lipinski definition) is 4. The molecule has 0 unspecified atom stereocenters. The van der Waals surface area contributed by atoms with Gasteiger partial charge in [-0.2, -0.15) is 0 Å². The lowest BCUT2D eigenvalue weighted by atomic mass is 9.98. The fourth-order valence-corrected chi connectivity index (χ4v) is 5.10. The van der Waals surface area contributed by atoms with Crippen LogP contribution in [0.4, 0.5) is 5.69 Å². The van der Waals surface area contributed by atoms with Gasteiger partial charge in [0.15, 0.2) is 0 Å². The molecule has 0 atom stereocenters. The maximum atomic E-state index is 12.9. The lowest BCUT2D eigenvalue weighted by Crippen LogP contribution is -2.11. The lowest BCUT2D eigenvalue weighted by molar-refractivity contribution is 0.103. The molecule has 148 valence electrons. The molecule has 1 amide bonds. The molecule has 0 fully saturated rings. The van der Waals surface area contributed by atoms with Crippen molar-refractivity contribution in [3.8, 4) is 21.6 Å². The fraction of sp³-hybridized carbons (Fsp3) is 0.160. The first-order valence-electron chi connectivity index (χ1n) is 10.1. The van der Waals surface area contributed by atoms with Crippen molar-refractivity contribution in [2.24, 2.45) is 0 Å². The predicted molar refractivity (Wildman–Crippen MR) is 122 cm³/mol. The Bertz CT molecular complexity index is 1230. The monoisotopic (exact) mass is 411 g/mol. The molecule has 0 bridgehead atoms. The van der Waals surface area contributed by atoms with Gasteiger partial charge in [0.1, 0.15) is 0 Å². The smallest absolute Gasteiger partial charge is 0.265 e. The van der Waals surface area contributed by atoms with Gasteiger partial charge in [-0.05, 0) is 78.3 Å². The fourth-order valence-electron chi connectivity index (χ4n) is 3.94. The van der Waals surface area contributed by atoms with Crippen molar-refractivity contribution >= 4 is 22.9 Å². The van der Waals surface area contributed by atoms with E-state index in [0.717, 1.165) is 46.5 Å². The summed E-state index contributed by atoms with van der Waals surface area (Å²) < 4.78 is 0. The lowest BCUT2D eigenvalue weighted by Gasteiger charge is -2.09. The Morgan fingerprint density at radius 3 is 2.67 bits per heavy atom. The number of aryl methyl sites for hydroxylation is 3. The van der Waals surface area contributed by atoms with Gasteiger partial charge in [0.25, 0.3) is 5.91 Å². The molecule has 3 aromatic heterocycles. The number of anilines is 1. The van der Waals surface area contributed by atoms with Crippen LogP contribution >= 0.6 is 11.3 Å². The van der Waals surface area contributed by atoms with Crippen LogP contribution in [0.1, 0.15) is 32.8 Å². The molecule has 1 aromatic carbocycles. The van der Waals surface area contributed by atoms with Crippen molar-refractivity contribution in [2.75, 3.05) is 5.32 Å². The molecule has 1 aliphatic rings. The second kappa shape index (κ2) is 7.84. The highest BCUT2D eigenvalue weighted by molar-refractivity contribution is 7.17. The molecule has 5 heteroatoms. The molecule has 0 saturated carbocycles. The third-order valence-corrected chi connectivity index (χ3v) is 6.75. The van der Waals surface area contributed by atoms with Crippen molar-refractivity contribution in [3.05, 3.63) is 88.8 Å². The van der Waals surface area contributed by atoms with Gasteiger partial charge < -0.3 is 5.32 Å². The van der Waals surface area contributed by atoms with Gasteiger partial charge in [-0.3, -0.25) is 14.8 Å². The third-order valence-electron chi connectivity index (χ3n) is 5.54. The summed E-state index contributed by atoms with van der Waals surface area (Å²) in [4.78, 5) is 23.2. The van der Waals surface area contributed by atoms with Crippen LogP contribution in [0.3, 0.4) is 0 Å². The van der Waals surface area contributed by atoms with Crippen LogP contribution in [0.2, 0.25) is 0 Å². The van der Waals surface area contributed by atoms with Gasteiger partial charge in [-0.15, -0.1) is 11.3 Å². The van der Waals surface area contributed by atoms with Crippen LogP contribution in [0.5, 0.6) is 0 Å². The second-order valence-electron chi connectivity index (χ2n) is 7.58. The number of nitrogens with zero attached hydrogens (tertiary/aromatic N) is 2. The van der Waals surface area contributed by atoms with Crippen LogP contribution in [0.25, 0.3) is 21.6 Å². The Labute approximate surface area is 179 Å². The number of pyridine rings is 2. The Morgan fingerprint density at radius 1 is 0.967 bits per heavy atom. The standard InChI is InChI=1S/C25H21N3OS/c1-16-14-27-11-9-22(16)28-25(29)23-13-19-5-2-4-17-7-8-18(12-21(17)24(19)30-23)20-6-3-10-26-15-20/h3,6-15H,2,4-5H2,1H3,(H,27,28,29). The summed E-state index contributed by atoms with van der Waals surface area (Å²) in [6, 6.07) is 14.6. The number of nitrogens with one attached hydrogen (secondary N) is 1. The van der Waals surface area contributed by atoms with Gasteiger partial charge in [0.05, 0.1) is 4.88 Å². The van der Waals surface area contributed by atoms with Crippen LogP contribution in [0, 0.1) is 6.92 Å². The number of carbonyl (C=O) groups is 1. The molecule has 4 aromatic rings. The molecular weight excluding hydrogens is 390 g/mol. The van der Waals surface area contributed by atoms with E-state index >= 15 is 0 Å². The summed E-state index contributed by atoms with van der Waals surface area (Å²) in [5, 5.41) is 3.04. The Morgan fingerprint density at radius 2 is 1.83 bits per heavy atom. The summed E-state index contributed by atoms with van der Waals surface area (Å²) in [6.07, 6.45) is 10.3. The number of amides is 1. The Balaban J connectivity index is 1.52. The molecule has 0 aliphatic heterocycles. The molecule has 1 N–H and O–H groups in total. The van der Waals surface area contributed by atoms with Crippen molar-refractivity contribution in [1.29, 1.82) is 0 Å². The van der Waals surface area contributed by atoms with E-state index < -0.39 is 0 Å². The van der Waals surface area contributed by atoms with Crippen LogP contribution in [-0.4, -0.2) is 15.9 Å². The first-order chi connectivity index (χ1) is 14.7. The minimum absolute atomic E-state index is 0.0627. The maximum absolute atomic E-state index is 12.9. The van der Waals surface area contributed by atoms with Gasteiger partial charge in [-0.25, -0.2) is 0 Å². The second-order valence-corrected chi connectivity index (χ2v) is 8.63. The molecule has 0 spiro atoms. The number of thiophene rings is 1. The van der Waals surface area contributed by atoms with Crippen molar-refractivity contribution in [1.82, 2.24) is 9.97 Å². The molecule has 3 heterocycles. The molecule has 0 saturated heterocycles. The third kappa shape index (κ3) is 3.53. The molecular formula is C25H21N3OS. The van der Waals surface area contributed by atoms with E-state index in [-0.39, 0.29) is 5.91 Å². The van der Waals surface area contributed by atoms with Crippen molar-refractivity contribution in [2.45, 2.75) is 26.2 Å². The molecule has 1 aliphatic carbocycles. The van der Waals surface area contributed by atoms with Gasteiger partial charge >= 0.3 is 0 Å². The minimum atomic E-state index is -0.0627. The zero-order valence-electron chi connectivity index (χ0n) is 16.7. The van der Waals surface area contributed by atoms with Gasteiger partial charge in [-0.1, -0.05) is 18.2 Å². The number of aromatic nitrogens is 2. The quantitative estimate of drug-likeness (QED) is 0.455. The van der Waals surface area contributed by atoms with Crippen LogP contribution < -0.4 is 5.32 Å². The number of fused-ring (bicyclic) bond motifs is 3. The number of carbonyl (C=O) groups excluding carboxylic acids is 1. The topological polar surface area (TPSA) is 54.9 Å². The average molecular weight is 412 g/mol. The normalized spacial score (nSPS) is 12.6. The Hall–Kier alpha value is -3.31. The van der Waals surface area contributed by atoms with E-state index in [9.17, 15) is 4.79 Å². The van der Waals surface area contributed by atoms with Crippen LogP contribution in [-0.2, 0) is 12.8 Å². The first kappa shape index (κ1) is 18.7. The predicted octanol–water partition coefficient (Wildman–Crippen LogP) is 5.92. The SMILES string of the molecule is Cc1cnccc1NC(=O)c1cc2c(s1)-c1cc(-c3cccnc3)ccc1CCC2. The van der Waals surface area contributed by atoms with E-state index in [2.05, 4.69) is 45.6 Å². The summed E-state index contributed by atoms with van der Waals surface area (Å²) >= 11 is 1.59. The highest BCUT2D eigenvalue weighted by Gasteiger charge is 2.21. The summed E-state index contributed by atoms with van der Waals surface area (Å²) in [5.74, 6) is -0.0627. The molecule has 0 radical (unpaired) electrons. The van der Waals surface area contributed by atoms with E-state index in [4.69, 9.17) is 0 Å². The zero-order valence-corrected chi connectivity index (χ0v) is 17.5.